The molecule has 0 saturated heterocycles. The number of nitrogens with zero attached hydrogens (tertiary/aromatic N) is 3. The van der Waals surface area contributed by atoms with Gasteiger partial charge < -0.3 is 16.2 Å². The van der Waals surface area contributed by atoms with Crippen LogP contribution in [0.1, 0.15) is 18.1 Å². The standard InChI is InChI=1S/C25H25N7O2/c1-14-10-11-19(12-15(14)2)32-24(34)22(16(3)31-32)30-29-18-7-4-6-17(13-18)20-8-5-9-21(23(20)33)28-25(26)27/h4-13,29,33H,1-3H3,(H4,26,27,28). The van der Waals surface area contributed by atoms with Crippen LogP contribution in [0.2, 0.25) is 0 Å². The van der Waals surface area contributed by atoms with Gasteiger partial charge in [-0.05, 0) is 67.8 Å². The number of aryl methyl sites for hydroxylation is 2. The molecule has 0 aromatic heterocycles. The Bertz CT molecular complexity index is 1360. The Hall–Kier alpha value is -4.66. The highest BCUT2D eigenvalue weighted by atomic mass is 16.3. The Labute approximate surface area is 197 Å². The SMILES string of the molecule is CC1=NN(c2ccc(C)c(C)c2)C(=O)C1=NNc1cccc(-c2cccc(NC(=N)N)c2O)c1. The molecule has 0 radical (unpaired) electrons. The second-order valence-corrected chi connectivity index (χ2v) is 7.96. The van der Waals surface area contributed by atoms with Gasteiger partial charge in [-0.3, -0.25) is 15.6 Å². The minimum absolute atomic E-state index is 0.0286. The number of carbonyl (C=O) groups is 1. The number of para-hydroxylation sites is 1. The lowest BCUT2D eigenvalue weighted by molar-refractivity contribution is -0.112. The summed E-state index contributed by atoms with van der Waals surface area (Å²) >= 11 is 0. The number of nitrogens with two attached hydrogens (primary N) is 1. The third kappa shape index (κ3) is 4.44. The lowest BCUT2D eigenvalue weighted by atomic mass is 10.0. The molecular weight excluding hydrogens is 430 g/mol. The van der Waals surface area contributed by atoms with Crippen molar-refractivity contribution in [3.63, 3.8) is 0 Å². The molecule has 9 nitrogen and oxygen atoms in total. The van der Waals surface area contributed by atoms with Gasteiger partial charge in [0.05, 0.1) is 22.8 Å². The molecule has 4 rings (SSSR count). The van der Waals surface area contributed by atoms with E-state index in [1.165, 1.54) is 5.01 Å². The van der Waals surface area contributed by atoms with Crippen LogP contribution in [-0.4, -0.2) is 28.4 Å². The van der Waals surface area contributed by atoms with E-state index in [0.717, 1.165) is 16.7 Å². The van der Waals surface area contributed by atoms with Crippen LogP contribution in [0, 0.1) is 19.3 Å². The fourth-order valence-corrected chi connectivity index (χ4v) is 3.56. The molecule has 3 aromatic rings. The molecule has 1 aliphatic rings. The smallest absolute Gasteiger partial charge is 0.301 e. The first-order valence-corrected chi connectivity index (χ1v) is 10.6. The number of aromatic hydroxyl groups is 1. The van der Waals surface area contributed by atoms with Crippen molar-refractivity contribution in [2.24, 2.45) is 15.9 Å². The van der Waals surface area contributed by atoms with Crippen molar-refractivity contribution in [1.82, 2.24) is 0 Å². The van der Waals surface area contributed by atoms with Crippen LogP contribution in [0.3, 0.4) is 0 Å². The highest BCUT2D eigenvalue weighted by Gasteiger charge is 2.30. The number of hydrogen-bond acceptors (Lipinski definition) is 6. The van der Waals surface area contributed by atoms with E-state index in [1.807, 2.05) is 38.1 Å². The van der Waals surface area contributed by atoms with Crippen LogP contribution in [0.4, 0.5) is 17.1 Å². The summed E-state index contributed by atoms with van der Waals surface area (Å²) in [7, 11) is 0. The summed E-state index contributed by atoms with van der Waals surface area (Å²) in [4.78, 5) is 13.0. The number of benzene rings is 3. The molecule has 6 N–H and O–H groups in total. The van der Waals surface area contributed by atoms with Gasteiger partial charge in [-0.2, -0.15) is 15.2 Å². The predicted octanol–water partition coefficient (Wildman–Crippen LogP) is 4.17. The highest BCUT2D eigenvalue weighted by molar-refractivity contribution is 6.71. The Kier molecular flexibility index (Phi) is 6.01. The third-order valence-corrected chi connectivity index (χ3v) is 5.50. The first-order chi connectivity index (χ1) is 16.2. The van der Waals surface area contributed by atoms with Gasteiger partial charge in [-0.15, -0.1) is 0 Å². The van der Waals surface area contributed by atoms with Crippen LogP contribution < -0.4 is 21.5 Å². The van der Waals surface area contributed by atoms with E-state index in [-0.39, 0.29) is 23.3 Å². The van der Waals surface area contributed by atoms with E-state index in [9.17, 15) is 9.90 Å². The Morgan fingerprint density at radius 3 is 2.56 bits per heavy atom. The second-order valence-electron chi connectivity index (χ2n) is 7.96. The van der Waals surface area contributed by atoms with E-state index in [4.69, 9.17) is 11.1 Å². The monoisotopic (exact) mass is 455 g/mol. The number of hydrogen-bond donors (Lipinski definition) is 5. The molecule has 1 amide bonds. The number of amides is 1. The molecule has 0 saturated carbocycles. The fourth-order valence-electron chi connectivity index (χ4n) is 3.56. The van der Waals surface area contributed by atoms with E-state index in [2.05, 4.69) is 20.9 Å². The summed E-state index contributed by atoms with van der Waals surface area (Å²) in [5.41, 5.74) is 14.2. The summed E-state index contributed by atoms with van der Waals surface area (Å²) in [5.74, 6) is -0.615. The molecule has 0 unspecified atom stereocenters. The molecule has 1 aliphatic heterocycles. The zero-order valence-corrected chi connectivity index (χ0v) is 19.0. The lowest BCUT2D eigenvalue weighted by Crippen LogP contribution is -2.28. The molecule has 9 heteroatoms. The van der Waals surface area contributed by atoms with Gasteiger partial charge in [-0.25, -0.2) is 0 Å². The number of phenolic OH excluding ortho intramolecular Hbond substituents is 1. The average Bonchev–Trinajstić information content (AvgIpc) is 3.09. The molecule has 0 atom stereocenters. The van der Waals surface area contributed by atoms with Crippen molar-refractivity contribution >= 4 is 40.4 Å². The first-order valence-electron chi connectivity index (χ1n) is 10.6. The highest BCUT2D eigenvalue weighted by Crippen LogP contribution is 2.36. The quantitative estimate of drug-likeness (QED) is 0.170. The second kappa shape index (κ2) is 9.07. The molecule has 0 aliphatic carbocycles. The molecule has 0 fully saturated rings. The fraction of sp³-hybridized carbons (Fsp3) is 0.120. The summed E-state index contributed by atoms with van der Waals surface area (Å²) in [6.07, 6.45) is 0. The summed E-state index contributed by atoms with van der Waals surface area (Å²) < 4.78 is 0. The maximum absolute atomic E-state index is 13.0. The Morgan fingerprint density at radius 1 is 1.06 bits per heavy atom. The van der Waals surface area contributed by atoms with Crippen molar-refractivity contribution in [2.75, 3.05) is 15.8 Å². The number of hydrazone groups is 2. The van der Waals surface area contributed by atoms with E-state index >= 15 is 0 Å². The van der Waals surface area contributed by atoms with Crippen molar-refractivity contribution in [3.05, 3.63) is 71.8 Å². The van der Waals surface area contributed by atoms with Crippen molar-refractivity contribution < 1.29 is 9.90 Å². The van der Waals surface area contributed by atoms with E-state index in [1.54, 1.807) is 43.3 Å². The van der Waals surface area contributed by atoms with Gasteiger partial charge in [0.15, 0.2) is 11.7 Å². The minimum atomic E-state index is -0.315. The maximum atomic E-state index is 13.0. The van der Waals surface area contributed by atoms with Gasteiger partial charge in [0.1, 0.15) is 5.75 Å². The number of nitrogens with one attached hydrogen (secondary N) is 3. The Morgan fingerprint density at radius 2 is 1.82 bits per heavy atom. The summed E-state index contributed by atoms with van der Waals surface area (Å²) in [5, 5.41) is 30.6. The van der Waals surface area contributed by atoms with Gasteiger partial charge in [0.25, 0.3) is 0 Å². The van der Waals surface area contributed by atoms with Crippen LogP contribution in [0.5, 0.6) is 5.75 Å². The van der Waals surface area contributed by atoms with Crippen LogP contribution in [0.15, 0.2) is 70.9 Å². The number of phenols is 1. The van der Waals surface area contributed by atoms with Gasteiger partial charge >= 0.3 is 5.91 Å². The number of guanidine groups is 1. The zero-order chi connectivity index (χ0) is 24.4. The van der Waals surface area contributed by atoms with Crippen molar-refractivity contribution in [3.8, 4) is 16.9 Å². The minimum Gasteiger partial charge on any atom is -0.505 e. The molecule has 3 aromatic carbocycles. The number of carbonyl (C=O) groups excluding carboxylic acids is 1. The maximum Gasteiger partial charge on any atom is 0.301 e. The van der Waals surface area contributed by atoms with Crippen LogP contribution in [0.25, 0.3) is 11.1 Å². The third-order valence-electron chi connectivity index (χ3n) is 5.50. The predicted molar refractivity (Wildman–Crippen MR) is 137 cm³/mol. The molecular formula is C25H25N7O2. The average molecular weight is 456 g/mol. The van der Waals surface area contributed by atoms with Crippen LogP contribution in [-0.2, 0) is 4.79 Å². The number of anilines is 3. The first kappa shape index (κ1) is 22.5. The largest absolute Gasteiger partial charge is 0.505 e. The molecule has 0 bridgehead atoms. The van der Waals surface area contributed by atoms with Gasteiger partial charge in [0.2, 0.25) is 0 Å². The van der Waals surface area contributed by atoms with E-state index in [0.29, 0.717) is 28.3 Å². The normalized spacial score (nSPS) is 14.3. The van der Waals surface area contributed by atoms with Crippen molar-refractivity contribution in [1.29, 1.82) is 5.41 Å². The molecule has 0 spiro atoms. The molecule has 1 heterocycles. The van der Waals surface area contributed by atoms with Gasteiger partial charge in [-0.1, -0.05) is 30.3 Å². The van der Waals surface area contributed by atoms with Crippen LogP contribution >= 0.6 is 0 Å². The van der Waals surface area contributed by atoms with Crippen molar-refractivity contribution in [2.45, 2.75) is 20.8 Å². The van der Waals surface area contributed by atoms with E-state index < -0.39 is 0 Å². The number of rotatable bonds is 5. The summed E-state index contributed by atoms with van der Waals surface area (Å²) in [6.45, 7) is 5.74. The topological polar surface area (TPSA) is 139 Å². The molecule has 172 valence electrons. The molecule has 34 heavy (non-hydrogen) atoms. The zero-order valence-electron chi connectivity index (χ0n) is 19.0. The Balaban J connectivity index is 1.57. The lowest BCUT2D eigenvalue weighted by Gasteiger charge is -2.13. The van der Waals surface area contributed by atoms with Gasteiger partial charge in [0, 0.05) is 5.56 Å². The summed E-state index contributed by atoms with van der Waals surface area (Å²) in [6, 6.07) is 18.1.